The van der Waals surface area contributed by atoms with Crippen LogP contribution in [0.4, 0.5) is 0 Å². The van der Waals surface area contributed by atoms with Gasteiger partial charge in [0.05, 0.1) is 4.88 Å². The third-order valence-electron chi connectivity index (χ3n) is 4.94. The van der Waals surface area contributed by atoms with E-state index < -0.39 is 0 Å². The van der Waals surface area contributed by atoms with Gasteiger partial charge in [-0.2, -0.15) is 0 Å². The van der Waals surface area contributed by atoms with Gasteiger partial charge in [-0.1, -0.05) is 6.42 Å². The fourth-order valence-electron chi connectivity index (χ4n) is 3.19. The highest BCUT2D eigenvalue weighted by Crippen LogP contribution is 2.44. The van der Waals surface area contributed by atoms with E-state index in [2.05, 4.69) is 16.8 Å². The number of carbonyl (C=O) groups is 1. The van der Waals surface area contributed by atoms with Gasteiger partial charge in [0.25, 0.3) is 5.91 Å². The van der Waals surface area contributed by atoms with Gasteiger partial charge in [-0.15, -0.1) is 11.3 Å². The molecule has 0 spiro atoms. The van der Waals surface area contributed by atoms with Crippen LogP contribution in [0.15, 0.2) is 11.4 Å². The Kier molecular flexibility index (Phi) is 4.65. The van der Waals surface area contributed by atoms with Crippen LogP contribution in [-0.2, 0) is 4.74 Å². The minimum absolute atomic E-state index is 0.134. The topological polar surface area (TPSA) is 38.3 Å². The van der Waals surface area contributed by atoms with Crippen LogP contribution in [0.1, 0.15) is 66.6 Å². The smallest absolute Gasteiger partial charge is 0.261 e. The zero-order valence-electron chi connectivity index (χ0n) is 12.8. The van der Waals surface area contributed by atoms with Crippen molar-refractivity contribution in [2.45, 2.75) is 51.4 Å². The van der Waals surface area contributed by atoms with Crippen LogP contribution in [0.5, 0.6) is 0 Å². The van der Waals surface area contributed by atoms with Crippen LogP contribution in [0.3, 0.4) is 0 Å². The van der Waals surface area contributed by atoms with Crippen LogP contribution in [0.25, 0.3) is 0 Å². The number of ether oxygens (including phenoxy) is 1. The van der Waals surface area contributed by atoms with Gasteiger partial charge in [0, 0.05) is 19.8 Å². The lowest BCUT2D eigenvalue weighted by Gasteiger charge is -2.42. The number of thiophene rings is 1. The predicted molar refractivity (Wildman–Crippen MR) is 86.0 cm³/mol. The molecule has 1 heterocycles. The second-order valence-electron chi connectivity index (χ2n) is 6.46. The fourth-order valence-corrected chi connectivity index (χ4v) is 4.09. The highest BCUT2D eigenvalue weighted by molar-refractivity contribution is 7.12. The molecule has 1 N–H and O–H groups in total. The quantitative estimate of drug-likeness (QED) is 0.738. The summed E-state index contributed by atoms with van der Waals surface area (Å²) in [5.41, 5.74) is 1.57. The summed E-state index contributed by atoms with van der Waals surface area (Å²) in [5, 5.41) is 5.25. The van der Waals surface area contributed by atoms with Gasteiger partial charge >= 0.3 is 0 Å². The Balaban J connectivity index is 1.53. The highest BCUT2D eigenvalue weighted by atomic mass is 32.1. The molecule has 2 fully saturated rings. The van der Waals surface area contributed by atoms with Gasteiger partial charge in [-0.25, -0.2) is 0 Å². The summed E-state index contributed by atoms with van der Waals surface area (Å²) in [6, 6.07) is 2.13. The lowest BCUT2D eigenvalue weighted by molar-refractivity contribution is 0.0513. The first-order valence-corrected chi connectivity index (χ1v) is 9.05. The Morgan fingerprint density at radius 2 is 2.29 bits per heavy atom. The van der Waals surface area contributed by atoms with E-state index in [1.807, 2.05) is 6.92 Å². The Labute approximate surface area is 131 Å². The van der Waals surface area contributed by atoms with Crippen LogP contribution >= 0.6 is 11.3 Å². The van der Waals surface area contributed by atoms with E-state index in [-0.39, 0.29) is 5.91 Å². The molecule has 2 aliphatic rings. The Morgan fingerprint density at radius 1 is 1.48 bits per heavy atom. The van der Waals surface area contributed by atoms with Crippen LogP contribution in [-0.4, -0.2) is 25.7 Å². The maximum Gasteiger partial charge on any atom is 0.261 e. The summed E-state index contributed by atoms with van der Waals surface area (Å²) in [4.78, 5) is 13.4. The summed E-state index contributed by atoms with van der Waals surface area (Å²) < 4.78 is 5.49. The second kappa shape index (κ2) is 6.49. The monoisotopic (exact) mass is 307 g/mol. The Bertz CT molecular complexity index is 489. The molecule has 0 aromatic carbocycles. The van der Waals surface area contributed by atoms with Gasteiger partial charge in [0.1, 0.15) is 0 Å². The highest BCUT2D eigenvalue weighted by Gasteiger charge is 2.37. The van der Waals surface area contributed by atoms with E-state index in [0.717, 1.165) is 31.1 Å². The van der Waals surface area contributed by atoms with E-state index >= 15 is 0 Å². The molecule has 4 heteroatoms. The van der Waals surface area contributed by atoms with Crippen molar-refractivity contribution in [2.24, 2.45) is 5.41 Å². The van der Waals surface area contributed by atoms with Crippen LogP contribution in [0, 0.1) is 5.41 Å². The van der Waals surface area contributed by atoms with Gasteiger partial charge in [-0.05, 0) is 67.4 Å². The van der Waals surface area contributed by atoms with E-state index in [0.29, 0.717) is 11.3 Å². The molecule has 0 aliphatic heterocycles. The first-order chi connectivity index (χ1) is 10.2. The lowest BCUT2D eigenvalue weighted by atomic mass is 9.66. The number of carbonyl (C=O) groups excluding carboxylic acids is 1. The molecule has 3 rings (SSSR count). The molecule has 21 heavy (non-hydrogen) atoms. The largest absolute Gasteiger partial charge is 0.382 e. The van der Waals surface area contributed by atoms with Crippen molar-refractivity contribution in [3.8, 4) is 0 Å². The molecule has 116 valence electrons. The summed E-state index contributed by atoms with van der Waals surface area (Å²) >= 11 is 1.59. The van der Waals surface area contributed by atoms with Gasteiger partial charge < -0.3 is 10.1 Å². The normalized spacial score (nSPS) is 20.0. The summed E-state index contributed by atoms with van der Waals surface area (Å²) in [6.45, 7) is 4.44. The molecule has 1 aromatic rings. The summed E-state index contributed by atoms with van der Waals surface area (Å²) in [6.07, 6.45) is 7.29. The van der Waals surface area contributed by atoms with Gasteiger partial charge in [-0.3, -0.25) is 4.79 Å². The SMILES string of the molecule is CCOCCC1(CNC(=O)c2sccc2C2CC2)CCC1. The molecule has 0 unspecified atom stereocenters. The van der Waals surface area contributed by atoms with Crippen molar-refractivity contribution >= 4 is 17.2 Å². The van der Waals surface area contributed by atoms with Crippen LogP contribution in [0.2, 0.25) is 0 Å². The fraction of sp³-hybridized carbons (Fsp3) is 0.706. The molecule has 2 saturated carbocycles. The zero-order chi connectivity index (χ0) is 14.7. The average molecular weight is 307 g/mol. The van der Waals surface area contributed by atoms with Gasteiger partial charge in [0.2, 0.25) is 0 Å². The molecule has 0 bridgehead atoms. The minimum atomic E-state index is 0.134. The Morgan fingerprint density at radius 3 is 2.90 bits per heavy atom. The predicted octanol–water partition coefficient (Wildman–Crippen LogP) is 3.95. The summed E-state index contributed by atoms with van der Waals surface area (Å²) in [5.74, 6) is 0.780. The van der Waals surface area contributed by atoms with Crippen molar-refractivity contribution in [2.75, 3.05) is 19.8 Å². The maximum atomic E-state index is 12.4. The molecule has 0 atom stereocenters. The molecular weight excluding hydrogens is 282 g/mol. The molecule has 0 saturated heterocycles. The van der Waals surface area contributed by atoms with E-state index in [1.54, 1.807) is 11.3 Å². The number of hydrogen-bond donors (Lipinski definition) is 1. The van der Waals surface area contributed by atoms with Crippen molar-refractivity contribution in [1.82, 2.24) is 5.32 Å². The van der Waals surface area contributed by atoms with Crippen molar-refractivity contribution < 1.29 is 9.53 Å². The van der Waals surface area contributed by atoms with Gasteiger partial charge in [0.15, 0.2) is 0 Å². The molecule has 2 aliphatic carbocycles. The molecule has 1 amide bonds. The third-order valence-corrected chi connectivity index (χ3v) is 5.87. The lowest BCUT2D eigenvalue weighted by Crippen LogP contribution is -2.42. The first kappa shape index (κ1) is 15.0. The maximum absolute atomic E-state index is 12.4. The third kappa shape index (κ3) is 3.49. The summed E-state index contributed by atoms with van der Waals surface area (Å²) in [7, 11) is 0. The molecule has 0 radical (unpaired) electrons. The average Bonchev–Trinajstić information content (AvgIpc) is 3.18. The second-order valence-corrected chi connectivity index (χ2v) is 7.38. The van der Waals surface area contributed by atoms with Crippen molar-refractivity contribution in [3.05, 3.63) is 21.9 Å². The molecule has 3 nitrogen and oxygen atoms in total. The number of amides is 1. The van der Waals surface area contributed by atoms with E-state index in [4.69, 9.17) is 4.74 Å². The first-order valence-electron chi connectivity index (χ1n) is 8.17. The van der Waals surface area contributed by atoms with E-state index in [9.17, 15) is 4.79 Å². The van der Waals surface area contributed by atoms with E-state index in [1.165, 1.54) is 37.7 Å². The number of nitrogens with one attached hydrogen (secondary N) is 1. The standard InChI is InChI=1S/C17H25NO2S/c1-2-20-10-9-17(7-3-8-17)12-18-16(19)15-14(6-11-21-15)13-4-5-13/h6,11,13H,2-5,7-10,12H2,1H3,(H,18,19). The van der Waals surface area contributed by atoms with Crippen molar-refractivity contribution in [1.29, 1.82) is 0 Å². The number of hydrogen-bond acceptors (Lipinski definition) is 3. The minimum Gasteiger partial charge on any atom is -0.382 e. The zero-order valence-corrected chi connectivity index (χ0v) is 13.6. The number of rotatable bonds is 8. The molecular formula is C17H25NO2S. The van der Waals surface area contributed by atoms with Crippen molar-refractivity contribution in [3.63, 3.8) is 0 Å². The van der Waals surface area contributed by atoms with Crippen LogP contribution < -0.4 is 5.32 Å². The molecule has 1 aromatic heterocycles. The Hall–Kier alpha value is -0.870.